The van der Waals surface area contributed by atoms with Crippen LogP contribution in [0.15, 0.2) is 18.3 Å². The fourth-order valence-corrected chi connectivity index (χ4v) is 4.03. The molecule has 0 radical (unpaired) electrons. The molecule has 0 fully saturated rings. The standard InChI is InChI=1S/C15H20N2OS/c1-17-12(8-9-16-17)6-7-13(18)15-10-11-4-2-3-5-14(11)19-15/h8-10,13,18H,2-7H2,1H3. The lowest BCUT2D eigenvalue weighted by molar-refractivity contribution is 0.171. The maximum atomic E-state index is 10.3. The Balaban J connectivity index is 1.65. The summed E-state index contributed by atoms with van der Waals surface area (Å²) >= 11 is 1.81. The van der Waals surface area contributed by atoms with Gasteiger partial charge in [-0.05, 0) is 56.2 Å². The normalized spacial score (nSPS) is 16.3. The third-order valence-electron chi connectivity index (χ3n) is 3.94. The third kappa shape index (κ3) is 2.74. The van der Waals surface area contributed by atoms with Gasteiger partial charge in [-0.15, -0.1) is 11.3 Å². The van der Waals surface area contributed by atoms with Gasteiger partial charge < -0.3 is 5.11 Å². The fourth-order valence-electron chi connectivity index (χ4n) is 2.75. The van der Waals surface area contributed by atoms with Gasteiger partial charge in [0.25, 0.3) is 0 Å². The Morgan fingerprint density at radius 2 is 2.26 bits per heavy atom. The molecular formula is C15H20N2OS. The zero-order valence-electron chi connectivity index (χ0n) is 11.3. The van der Waals surface area contributed by atoms with Crippen LogP contribution in [0.5, 0.6) is 0 Å². The molecule has 19 heavy (non-hydrogen) atoms. The van der Waals surface area contributed by atoms with Gasteiger partial charge in [-0.3, -0.25) is 4.68 Å². The second-order valence-corrected chi connectivity index (χ2v) is 6.47. The SMILES string of the molecule is Cn1nccc1CCC(O)c1cc2c(s1)CCCC2. The van der Waals surface area contributed by atoms with Gasteiger partial charge in [-0.25, -0.2) is 0 Å². The summed E-state index contributed by atoms with van der Waals surface area (Å²) in [7, 11) is 1.95. The number of nitrogens with zero attached hydrogens (tertiary/aromatic N) is 2. The molecule has 3 rings (SSSR count). The summed E-state index contributed by atoms with van der Waals surface area (Å²) in [5.74, 6) is 0. The monoisotopic (exact) mass is 276 g/mol. The van der Waals surface area contributed by atoms with Gasteiger partial charge >= 0.3 is 0 Å². The first kappa shape index (κ1) is 12.9. The summed E-state index contributed by atoms with van der Waals surface area (Å²) in [6.07, 6.45) is 8.14. The highest BCUT2D eigenvalue weighted by Crippen LogP contribution is 2.34. The summed E-state index contributed by atoms with van der Waals surface area (Å²) in [5.41, 5.74) is 2.66. The minimum Gasteiger partial charge on any atom is -0.388 e. The predicted molar refractivity (Wildman–Crippen MR) is 77.4 cm³/mol. The maximum Gasteiger partial charge on any atom is 0.0885 e. The summed E-state index contributed by atoms with van der Waals surface area (Å²) in [6, 6.07) is 4.25. The summed E-state index contributed by atoms with van der Waals surface area (Å²) in [5, 5.41) is 14.5. The van der Waals surface area contributed by atoms with E-state index in [9.17, 15) is 5.11 Å². The molecule has 0 saturated heterocycles. The molecule has 0 aliphatic heterocycles. The molecule has 102 valence electrons. The molecule has 0 aromatic carbocycles. The van der Waals surface area contributed by atoms with Crippen LogP contribution in [0.1, 0.15) is 46.4 Å². The number of aromatic nitrogens is 2. The average Bonchev–Trinajstić information content (AvgIpc) is 3.01. The molecule has 0 saturated carbocycles. The van der Waals surface area contributed by atoms with Crippen molar-refractivity contribution in [1.82, 2.24) is 9.78 Å². The molecule has 1 aliphatic rings. The number of rotatable bonds is 4. The quantitative estimate of drug-likeness (QED) is 0.932. The third-order valence-corrected chi connectivity index (χ3v) is 5.28. The van der Waals surface area contributed by atoms with Crippen LogP contribution in [0, 0.1) is 0 Å². The van der Waals surface area contributed by atoms with E-state index in [4.69, 9.17) is 0 Å². The molecular weight excluding hydrogens is 256 g/mol. The van der Waals surface area contributed by atoms with Crippen molar-refractivity contribution < 1.29 is 5.11 Å². The second-order valence-electron chi connectivity index (χ2n) is 5.30. The van der Waals surface area contributed by atoms with E-state index in [0.717, 1.165) is 17.7 Å². The molecule has 2 aromatic heterocycles. The van der Waals surface area contributed by atoms with Crippen LogP contribution >= 0.6 is 11.3 Å². The van der Waals surface area contributed by atoms with Crippen molar-refractivity contribution in [1.29, 1.82) is 0 Å². The molecule has 0 spiro atoms. The smallest absolute Gasteiger partial charge is 0.0885 e. The number of hydrogen-bond donors (Lipinski definition) is 1. The molecule has 1 aliphatic carbocycles. The van der Waals surface area contributed by atoms with Crippen molar-refractivity contribution in [3.8, 4) is 0 Å². The van der Waals surface area contributed by atoms with E-state index in [-0.39, 0.29) is 6.10 Å². The van der Waals surface area contributed by atoms with Crippen LogP contribution in [-0.4, -0.2) is 14.9 Å². The van der Waals surface area contributed by atoms with Crippen molar-refractivity contribution in [2.24, 2.45) is 7.05 Å². The zero-order valence-corrected chi connectivity index (χ0v) is 12.1. The van der Waals surface area contributed by atoms with Gasteiger partial charge in [-0.1, -0.05) is 0 Å². The van der Waals surface area contributed by atoms with Crippen LogP contribution in [0.4, 0.5) is 0 Å². The van der Waals surface area contributed by atoms with E-state index >= 15 is 0 Å². The van der Waals surface area contributed by atoms with E-state index in [1.807, 2.05) is 35.3 Å². The van der Waals surface area contributed by atoms with Gasteiger partial charge in [0, 0.05) is 28.7 Å². The first-order valence-corrected chi connectivity index (χ1v) is 7.82. The minimum atomic E-state index is -0.328. The Hall–Kier alpha value is -1.13. The van der Waals surface area contributed by atoms with Gasteiger partial charge in [0.2, 0.25) is 0 Å². The number of hydrogen-bond acceptors (Lipinski definition) is 3. The van der Waals surface area contributed by atoms with E-state index in [0.29, 0.717) is 0 Å². The minimum absolute atomic E-state index is 0.328. The van der Waals surface area contributed by atoms with Gasteiger partial charge in [0.05, 0.1) is 6.10 Å². The Morgan fingerprint density at radius 1 is 1.42 bits per heavy atom. The lowest BCUT2D eigenvalue weighted by Crippen LogP contribution is -2.02. The summed E-state index contributed by atoms with van der Waals surface area (Å²) in [6.45, 7) is 0. The van der Waals surface area contributed by atoms with E-state index < -0.39 is 0 Å². The second kappa shape index (κ2) is 5.47. The van der Waals surface area contributed by atoms with Crippen molar-refractivity contribution in [2.75, 3.05) is 0 Å². The molecule has 1 N–H and O–H groups in total. The maximum absolute atomic E-state index is 10.3. The van der Waals surface area contributed by atoms with Crippen molar-refractivity contribution in [2.45, 2.75) is 44.6 Å². The van der Waals surface area contributed by atoms with Gasteiger partial charge in [0.15, 0.2) is 0 Å². The number of fused-ring (bicyclic) bond motifs is 1. The van der Waals surface area contributed by atoms with Crippen LogP contribution in [0.3, 0.4) is 0 Å². The van der Waals surface area contributed by atoms with Crippen LogP contribution in [0.25, 0.3) is 0 Å². The zero-order chi connectivity index (χ0) is 13.2. The molecule has 2 aromatic rings. The first-order chi connectivity index (χ1) is 9.24. The fraction of sp³-hybridized carbons (Fsp3) is 0.533. The van der Waals surface area contributed by atoms with Gasteiger partial charge in [-0.2, -0.15) is 5.10 Å². The number of aliphatic hydroxyl groups is 1. The largest absolute Gasteiger partial charge is 0.388 e. The molecule has 4 heteroatoms. The van der Waals surface area contributed by atoms with E-state index in [1.165, 1.54) is 41.8 Å². The number of aliphatic hydroxyl groups excluding tert-OH is 1. The Morgan fingerprint density at radius 3 is 3.00 bits per heavy atom. The van der Waals surface area contributed by atoms with Crippen molar-refractivity contribution >= 4 is 11.3 Å². The predicted octanol–water partition coefficient (Wildman–Crippen LogP) is 3.03. The highest BCUT2D eigenvalue weighted by Gasteiger charge is 2.17. The van der Waals surface area contributed by atoms with Crippen LogP contribution in [0.2, 0.25) is 0 Å². The van der Waals surface area contributed by atoms with Gasteiger partial charge in [0.1, 0.15) is 0 Å². The Labute approximate surface area is 117 Å². The lowest BCUT2D eigenvalue weighted by Gasteiger charge is -2.08. The first-order valence-electron chi connectivity index (χ1n) is 7.00. The number of aryl methyl sites for hydroxylation is 4. The average molecular weight is 276 g/mol. The summed E-state index contributed by atoms with van der Waals surface area (Å²) in [4.78, 5) is 2.65. The topological polar surface area (TPSA) is 38.0 Å². The Bertz CT molecular complexity index is 535. The van der Waals surface area contributed by atoms with E-state index in [2.05, 4.69) is 11.2 Å². The van der Waals surface area contributed by atoms with Crippen LogP contribution in [-0.2, 0) is 26.3 Å². The number of thiophene rings is 1. The van der Waals surface area contributed by atoms with Crippen LogP contribution < -0.4 is 0 Å². The highest BCUT2D eigenvalue weighted by atomic mass is 32.1. The molecule has 0 amide bonds. The Kier molecular flexibility index (Phi) is 3.71. The van der Waals surface area contributed by atoms with Crippen molar-refractivity contribution in [3.05, 3.63) is 39.3 Å². The highest BCUT2D eigenvalue weighted by molar-refractivity contribution is 7.12. The molecule has 3 nitrogen and oxygen atoms in total. The molecule has 0 bridgehead atoms. The molecule has 1 atom stereocenters. The lowest BCUT2D eigenvalue weighted by atomic mass is 9.98. The summed E-state index contributed by atoms with van der Waals surface area (Å²) < 4.78 is 1.88. The molecule has 2 heterocycles. The van der Waals surface area contributed by atoms with Crippen molar-refractivity contribution in [3.63, 3.8) is 0 Å². The molecule has 1 unspecified atom stereocenters. The van der Waals surface area contributed by atoms with E-state index in [1.54, 1.807) is 0 Å².